The lowest BCUT2D eigenvalue weighted by Crippen LogP contribution is -2.55. The van der Waals surface area contributed by atoms with Gasteiger partial charge in [-0.25, -0.2) is 0 Å². The molecule has 1 aliphatic heterocycles. The maximum Gasteiger partial charge on any atom is 0.323 e. The Morgan fingerprint density at radius 1 is 1.44 bits per heavy atom. The molecule has 1 rings (SSSR count). The van der Waals surface area contributed by atoms with Crippen LogP contribution in [-0.2, 0) is 14.3 Å². The molecule has 0 radical (unpaired) electrons. The third kappa shape index (κ3) is 3.46. The summed E-state index contributed by atoms with van der Waals surface area (Å²) >= 11 is 0. The van der Waals surface area contributed by atoms with Crippen molar-refractivity contribution in [2.45, 2.75) is 32.7 Å². The molecule has 0 saturated carbocycles. The van der Waals surface area contributed by atoms with Crippen molar-refractivity contribution in [3.05, 3.63) is 0 Å². The van der Waals surface area contributed by atoms with Gasteiger partial charge in [-0.05, 0) is 18.3 Å². The van der Waals surface area contributed by atoms with E-state index in [-0.39, 0.29) is 17.4 Å². The van der Waals surface area contributed by atoms with E-state index >= 15 is 0 Å². The average Bonchev–Trinajstić information content (AvgIpc) is 2.21. The fourth-order valence-corrected chi connectivity index (χ4v) is 2.04. The molecular formula is C12H23NO3. The van der Waals surface area contributed by atoms with Gasteiger partial charge in [-0.3, -0.25) is 9.69 Å². The minimum atomic E-state index is -0.103. The quantitative estimate of drug-likeness (QED) is 0.643. The van der Waals surface area contributed by atoms with Crippen LogP contribution in [0.2, 0.25) is 0 Å². The van der Waals surface area contributed by atoms with Crippen LogP contribution >= 0.6 is 0 Å². The number of rotatable bonds is 6. The first-order valence-corrected chi connectivity index (χ1v) is 5.81. The lowest BCUT2D eigenvalue weighted by Gasteiger charge is -2.43. The van der Waals surface area contributed by atoms with Crippen molar-refractivity contribution in [1.82, 2.24) is 4.90 Å². The number of carbonyl (C=O) groups is 1. The van der Waals surface area contributed by atoms with Gasteiger partial charge in [0.1, 0.15) is 6.04 Å². The highest BCUT2D eigenvalue weighted by Gasteiger charge is 2.37. The topological polar surface area (TPSA) is 38.8 Å². The Bertz CT molecular complexity index is 240. The molecule has 1 unspecified atom stereocenters. The largest absolute Gasteiger partial charge is 0.468 e. The Morgan fingerprint density at radius 3 is 2.56 bits per heavy atom. The standard InChI is InChI=1S/C12H23NO3/c1-12(2,6-8-15-3)9-13-7-5-10(13)11(14)16-4/h10H,5-9H2,1-4H3. The molecule has 0 bridgehead atoms. The second-order valence-electron chi connectivity index (χ2n) is 5.21. The van der Waals surface area contributed by atoms with Crippen LogP contribution < -0.4 is 0 Å². The Balaban J connectivity index is 2.39. The van der Waals surface area contributed by atoms with E-state index in [1.54, 1.807) is 7.11 Å². The van der Waals surface area contributed by atoms with Crippen molar-refractivity contribution in [3.8, 4) is 0 Å². The van der Waals surface area contributed by atoms with E-state index in [9.17, 15) is 4.79 Å². The SMILES string of the molecule is COCCC(C)(C)CN1CCC1C(=O)OC. The van der Waals surface area contributed by atoms with Gasteiger partial charge in [0.2, 0.25) is 0 Å². The molecule has 94 valence electrons. The zero-order chi connectivity index (χ0) is 12.2. The Labute approximate surface area is 97.9 Å². The number of nitrogens with zero attached hydrogens (tertiary/aromatic N) is 1. The van der Waals surface area contributed by atoms with Gasteiger partial charge in [0, 0.05) is 26.8 Å². The smallest absolute Gasteiger partial charge is 0.323 e. The van der Waals surface area contributed by atoms with E-state index in [0.717, 1.165) is 32.5 Å². The highest BCUT2D eigenvalue weighted by molar-refractivity contribution is 5.76. The molecule has 1 aliphatic rings. The van der Waals surface area contributed by atoms with Gasteiger partial charge in [0.25, 0.3) is 0 Å². The van der Waals surface area contributed by atoms with Gasteiger partial charge in [-0.15, -0.1) is 0 Å². The zero-order valence-corrected chi connectivity index (χ0v) is 10.8. The molecule has 4 nitrogen and oxygen atoms in total. The van der Waals surface area contributed by atoms with Gasteiger partial charge in [-0.2, -0.15) is 0 Å². The molecule has 1 fully saturated rings. The lowest BCUT2D eigenvalue weighted by molar-refractivity contribution is -0.153. The summed E-state index contributed by atoms with van der Waals surface area (Å²) < 4.78 is 9.87. The Hall–Kier alpha value is -0.610. The van der Waals surface area contributed by atoms with E-state index < -0.39 is 0 Å². The summed E-state index contributed by atoms with van der Waals surface area (Å²) in [6.07, 6.45) is 1.93. The number of hydrogen-bond acceptors (Lipinski definition) is 4. The summed E-state index contributed by atoms with van der Waals surface area (Å²) in [5.74, 6) is -0.103. The molecule has 1 atom stereocenters. The summed E-state index contributed by atoms with van der Waals surface area (Å²) in [7, 11) is 3.17. The number of methoxy groups -OCH3 is 2. The van der Waals surface area contributed by atoms with Crippen molar-refractivity contribution in [3.63, 3.8) is 0 Å². The number of carbonyl (C=O) groups excluding carboxylic acids is 1. The number of ether oxygens (including phenoxy) is 2. The van der Waals surface area contributed by atoms with Gasteiger partial charge in [0.05, 0.1) is 7.11 Å². The van der Waals surface area contributed by atoms with Crippen LogP contribution in [0.25, 0.3) is 0 Å². The highest BCUT2D eigenvalue weighted by Crippen LogP contribution is 2.28. The molecular weight excluding hydrogens is 206 g/mol. The van der Waals surface area contributed by atoms with Gasteiger partial charge in [-0.1, -0.05) is 13.8 Å². The van der Waals surface area contributed by atoms with Crippen molar-refractivity contribution in [2.75, 3.05) is 33.9 Å². The molecule has 0 aromatic heterocycles. The predicted molar refractivity (Wildman–Crippen MR) is 62.3 cm³/mol. The third-order valence-corrected chi connectivity index (χ3v) is 3.22. The molecule has 0 aliphatic carbocycles. The minimum absolute atomic E-state index is 0.0215. The second-order valence-corrected chi connectivity index (χ2v) is 5.21. The maximum absolute atomic E-state index is 11.4. The maximum atomic E-state index is 11.4. The van der Waals surface area contributed by atoms with Gasteiger partial charge in [0.15, 0.2) is 0 Å². The van der Waals surface area contributed by atoms with E-state index in [4.69, 9.17) is 9.47 Å². The summed E-state index contributed by atoms with van der Waals surface area (Å²) in [6, 6.07) is -0.0215. The fourth-order valence-electron chi connectivity index (χ4n) is 2.04. The van der Waals surface area contributed by atoms with E-state index in [2.05, 4.69) is 18.7 Å². The minimum Gasteiger partial charge on any atom is -0.468 e. The Kier molecular flexibility index (Phi) is 4.74. The van der Waals surface area contributed by atoms with Crippen LogP contribution in [0.1, 0.15) is 26.7 Å². The molecule has 0 spiro atoms. The first-order chi connectivity index (χ1) is 7.50. The Morgan fingerprint density at radius 2 is 2.12 bits per heavy atom. The monoisotopic (exact) mass is 229 g/mol. The molecule has 0 aromatic rings. The third-order valence-electron chi connectivity index (χ3n) is 3.22. The van der Waals surface area contributed by atoms with Crippen LogP contribution in [0.15, 0.2) is 0 Å². The van der Waals surface area contributed by atoms with Crippen molar-refractivity contribution in [1.29, 1.82) is 0 Å². The van der Waals surface area contributed by atoms with Gasteiger partial charge >= 0.3 is 5.97 Å². The number of likely N-dealkylation sites (tertiary alicyclic amines) is 1. The zero-order valence-electron chi connectivity index (χ0n) is 10.8. The van der Waals surface area contributed by atoms with Crippen molar-refractivity contribution >= 4 is 5.97 Å². The van der Waals surface area contributed by atoms with Crippen LogP contribution in [0.5, 0.6) is 0 Å². The summed E-state index contributed by atoms with van der Waals surface area (Å²) in [6.45, 7) is 7.10. The second kappa shape index (κ2) is 5.64. The molecule has 1 heterocycles. The normalized spacial score (nSPS) is 21.6. The summed E-state index contributed by atoms with van der Waals surface area (Å²) in [4.78, 5) is 13.6. The highest BCUT2D eigenvalue weighted by atomic mass is 16.5. The molecule has 0 amide bonds. The average molecular weight is 229 g/mol. The van der Waals surface area contributed by atoms with Crippen molar-refractivity contribution in [2.24, 2.45) is 5.41 Å². The summed E-state index contributed by atoms with van der Waals surface area (Å²) in [5, 5.41) is 0. The van der Waals surface area contributed by atoms with Crippen LogP contribution in [-0.4, -0.2) is 50.8 Å². The molecule has 0 N–H and O–H groups in total. The van der Waals surface area contributed by atoms with Crippen LogP contribution in [0, 0.1) is 5.41 Å². The van der Waals surface area contributed by atoms with Crippen LogP contribution in [0.4, 0.5) is 0 Å². The first kappa shape index (κ1) is 13.5. The van der Waals surface area contributed by atoms with Gasteiger partial charge < -0.3 is 9.47 Å². The first-order valence-electron chi connectivity index (χ1n) is 5.81. The molecule has 1 saturated heterocycles. The number of hydrogen-bond donors (Lipinski definition) is 0. The predicted octanol–water partition coefficient (Wildman–Crippen LogP) is 1.30. The number of esters is 1. The van der Waals surface area contributed by atoms with E-state index in [1.165, 1.54) is 7.11 Å². The fraction of sp³-hybridized carbons (Fsp3) is 0.917. The summed E-state index contributed by atoms with van der Waals surface area (Å²) in [5.41, 5.74) is 0.183. The van der Waals surface area contributed by atoms with E-state index in [0.29, 0.717) is 0 Å². The molecule has 16 heavy (non-hydrogen) atoms. The van der Waals surface area contributed by atoms with Crippen LogP contribution in [0.3, 0.4) is 0 Å². The lowest BCUT2D eigenvalue weighted by atomic mass is 9.86. The van der Waals surface area contributed by atoms with Crippen molar-refractivity contribution < 1.29 is 14.3 Å². The molecule has 4 heteroatoms. The molecule has 0 aromatic carbocycles. The van der Waals surface area contributed by atoms with E-state index in [1.807, 2.05) is 0 Å².